The van der Waals surface area contributed by atoms with Crippen molar-refractivity contribution in [3.63, 3.8) is 0 Å². The molecule has 42 heavy (non-hydrogen) atoms. The molecule has 4 aromatic rings. The van der Waals surface area contributed by atoms with Gasteiger partial charge in [0.15, 0.2) is 11.6 Å². The van der Waals surface area contributed by atoms with Crippen molar-refractivity contribution in [1.29, 1.82) is 0 Å². The maximum Gasteiger partial charge on any atom is 0.258 e. The smallest absolute Gasteiger partial charge is 0.258 e. The number of Topliss-reactive ketones (excluding diaryl/α,β-unsaturated/α-hetero) is 2. The van der Waals surface area contributed by atoms with Gasteiger partial charge in [-0.25, -0.2) is 0 Å². The second-order valence-corrected chi connectivity index (χ2v) is 9.26. The van der Waals surface area contributed by atoms with E-state index in [0.717, 1.165) is 11.1 Å². The molecule has 0 aliphatic heterocycles. The van der Waals surface area contributed by atoms with Crippen LogP contribution in [0.5, 0.6) is 0 Å². The Hall–Kier alpha value is -5.64. The van der Waals surface area contributed by atoms with Crippen molar-refractivity contribution < 1.29 is 19.2 Å². The van der Waals surface area contributed by atoms with Crippen molar-refractivity contribution in [3.8, 4) is 11.1 Å². The van der Waals surface area contributed by atoms with E-state index in [1.807, 2.05) is 36.4 Å². The monoisotopic (exact) mass is 560 g/mol. The fraction of sp³-hybridized carbons (Fsp3) is 0.125. The van der Waals surface area contributed by atoms with Crippen LogP contribution in [0, 0.1) is 0 Å². The number of benzene rings is 4. The molecule has 2 N–H and O–H groups in total. The fourth-order valence-electron chi connectivity index (χ4n) is 3.79. The molecule has 10 heteroatoms. The third-order valence-electron chi connectivity index (χ3n) is 5.99. The Morgan fingerprint density at radius 3 is 1.14 bits per heavy atom. The number of carbonyl (C=O) groups excluding carboxylic acids is 4. The number of nitrogens with one attached hydrogen (secondary N) is 2. The second-order valence-electron chi connectivity index (χ2n) is 9.26. The molecular weight excluding hydrogens is 532 g/mol. The minimum atomic E-state index is -1.27. The molecule has 0 spiro atoms. The molecule has 0 aliphatic carbocycles. The van der Waals surface area contributed by atoms with Crippen LogP contribution in [0.2, 0.25) is 0 Å². The number of anilines is 2. The largest absolute Gasteiger partial charge is 0.324 e. The van der Waals surface area contributed by atoms with Crippen LogP contribution in [0.25, 0.3) is 11.1 Å². The maximum atomic E-state index is 12.5. The van der Waals surface area contributed by atoms with Gasteiger partial charge in [0.25, 0.3) is 11.8 Å². The molecule has 210 valence electrons. The molecule has 0 heterocycles. The van der Waals surface area contributed by atoms with Crippen LogP contribution in [0.4, 0.5) is 22.7 Å². The number of hydrogen-bond donors (Lipinski definition) is 2. The number of hydrogen-bond acceptors (Lipinski definition) is 8. The summed E-state index contributed by atoms with van der Waals surface area (Å²) >= 11 is 0. The zero-order valence-corrected chi connectivity index (χ0v) is 23.0. The highest BCUT2D eigenvalue weighted by molar-refractivity contribution is 6.10. The first-order valence-corrected chi connectivity index (χ1v) is 13.0. The summed E-state index contributed by atoms with van der Waals surface area (Å²) in [4.78, 5) is 49.1. The maximum absolute atomic E-state index is 12.5. The highest BCUT2D eigenvalue weighted by atomic mass is 16.2. The minimum absolute atomic E-state index is 0.424. The van der Waals surface area contributed by atoms with Crippen LogP contribution < -0.4 is 10.6 Å². The summed E-state index contributed by atoms with van der Waals surface area (Å²) < 4.78 is 0. The first-order chi connectivity index (χ1) is 20.3. The number of azo groups is 2. The zero-order chi connectivity index (χ0) is 29.9. The van der Waals surface area contributed by atoms with Crippen molar-refractivity contribution >= 4 is 46.1 Å². The first-order valence-electron chi connectivity index (χ1n) is 13.0. The van der Waals surface area contributed by atoms with Crippen molar-refractivity contribution in [2.24, 2.45) is 20.5 Å². The van der Waals surface area contributed by atoms with Crippen molar-refractivity contribution in [3.05, 3.63) is 109 Å². The lowest BCUT2D eigenvalue weighted by Gasteiger charge is -2.09. The summed E-state index contributed by atoms with van der Waals surface area (Å²) in [6, 6.07) is 29.3. The summed E-state index contributed by atoms with van der Waals surface area (Å²) in [5, 5.41) is 21.5. The van der Waals surface area contributed by atoms with Crippen LogP contribution in [-0.2, 0) is 19.2 Å². The molecule has 0 aromatic heterocycles. The van der Waals surface area contributed by atoms with Gasteiger partial charge in [-0.05, 0) is 73.5 Å². The van der Waals surface area contributed by atoms with E-state index in [4.69, 9.17) is 0 Å². The molecule has 0 aliphatic rings. The lowest BCUT2D eigenvalue weighted by atomic mass is 10.1. The summed E-state index contributed by atoms with van der Waals surface area (Å²) in [7, 11) is 0. The molecule has 4 rings (SSSR count). The minimum Gasteiger partial charge on any atom is -0.324 e. The van der Waals surface area contributed by atoms with Crippen molar-refractivity contribution in [1.82, 2.24) is 0 Å². The number of rotatable bonds is 11. The van der Waals surface area contributed by atoms with Crippen LogP contribution >= 0.6 is 0 Å². The summed E-state index contributed by atoms with van der Waals surface area (Å²) in [5.41, 5.74) is 3.84. The van der Waals surface area contributed by atoms with E-state index in [1.165, 1.54) is 13.8 Å². The quantitative estimate of drug-likeness (QED) is 0.155. The van der Waals surface area contributed by atoms with Gasteiger partial charge in [-0.2, -0.15) is 20.5 Å². The molecule has 4 aromatic carbocycles. The Morgan fingerprint density at radius 2 is 0.833 bits per heavy atom. The number of amides is 2. The Morgan fingerprint density at radius 1 is 0.500 bits per heavy atom. The fourth-order valence-corrected chi connectivity index (χ4v) is 3.79. The SMILES string of the molecule is CC(=O)C(/N=N/c1ccc(-c2ccc(/N=N/C(C(C)=O)C(=O)Nc3ccccc3)cc2)cc1)C(=O)Nc1ccccc1. The molecule has 0 radical (unpaired) electrons. The molecule has 0 fully saturated rings. The second kappa shape index (κ2) is 14.1. The van der Waals surface area contributed by atoms with E-state index in [1.54, 1.807) is 72.8 Å². The van der Waals surface area contributed by atoms with Gasteiger partial charge in [0.05, 0.1) is 11.4 Å². The molecule has 0 saturated carbocycles. The lowest BCUT2D eigenvalue weighted by molar-refractivity contribution is -0.127. The van der Waals surface area contributed by atoms with Crippen LogP contribution in [-0.4, -0.2) is 35.5 Å². The summed E-state index contributed by atoms with van der Waals surface area (Å²) in [5.74, 6) is -1.96. The zero-order valence-electron chi connectivity index (χ0n) is 23.0. The lowest BCUT2D eigenvalue weighted by Crippen LogP contribution is -2.31. The van der Waals surface area contributed by atoms with Crippen LogP contribution in [0.15, 0.2) is 130 Å². The third kappa shape index (κ3) is 8.18. The van der Waals surface area contributed by atoms with Gasteiger partial charge in [-0.15, -0.1) is 0 Å². The summed E-state index contributed by atoms with van der Waals surface area (Å²) in [6.45, 7) is 2.58. The molecule has 2 amide bonds. The highest BCUT2D eigenvalue weighted by Gasteiger charge is 2.24. The van der Waals surface area contributed by atoms with Crippen LogP contribution in [0.1, 0.15) is 13.8 Å². The topological polar surface area (TPSA) is 142 Å². The van der Waals surface area contributed by atoms with E-state index in [-0.39, 0.29) is 0 Å². The van der Waals surface area contributed by atoms with E-state index < -0.39 is 35.5 Å². The summed E-state index contributed by atoms with van der Waals surface area (Å²) in [6.07, 6.45) is 0. The van der Waals surface area contributed by atoms with E-state index in [9.17, 15) is 19.2 Å². The number of nitrogens with zero attached hydrogens (tertiary/aromatic N) is 4. The van der Waals surface area contributed by atoms with Gasteiger partial charge in [0.2, 0.25) is 12.1 Å². The Balaban J connectivity index is 1.39. The van der Waals surface area contributed by atoms with Gasteiger partial charge in [-0.3, -0.25) is 19.2 Å². The average molecular weight is 561 g/mol. The molecule has 10 nitrogen and oxygen atoms in total. The predicted octanol–water partition coefficient (Wildman–Crippen LogP) is 6.71. The van der Waals surface area contributed by atoms with Crippen molar-refractivity contribution in [2.75, 3.05) is 10.6 Å². The number of para-hydroxylation sites is 2. The van der Waals surface area contributed by atoms with Gasteiger partial charge < -0.3 is 10.6 Å². The number of ketones is 2. The van der Waals surface area contributed by atoms with Gasteiger partial charge >= 0.3 is 0 Å². The van der Waals surface area contributed by atoms with E-state index >= 15 is 0 Å². The van der Waals surface area contributed by atoms with Crippen molar-refractivity contribution in [2.45, 2.75) is 25.9 Å². The number of carbonyl (C=O) groups is 4. The van der Waals surface area contributed by atoms with Gasteiger partial charge in [-0.1, -0.05) is 60.7 Å². The Bertz CT molecular complexity index is 1480. The van der Waals surface area contributed by atoms with E-state index in [0.29, 0.717) is 22.7 Å². The normalized spacial score (nSPS) is 12.5. The predicted molar refractivity (Wildman–Crippen MR) is 160 cm³/mol. The molecule has 2 unspecified atom stereocenters. The molecule has 2 atom stereocenters. The van der Waals surface area contributed by atoms with E-state index in [2.05, 4.69) is 31.1 Å². The molecule has 0 saturated heterocycles. The van der Waals surface area contributed by atoms with Gasteiger partial charge in [0, 0.05) is 11.4 Å². The first kappa shape index (κ1) is 29.3. The highest BCUT2D eigenvalue weighted by Crippen LogP contribution is 2.26. The third-order valence-corrected chi connectivity index (χ3v) is 5.99. The average Bonchev–Trinajstić information content (AvgIpc) is 2.99. The van der Waals surface area contributed by atoms with Gasteiger partial charge in [0.1, 0.15) is 0 Å². The standard InChI is InChI=1S/C32H28N6O4/c1-21(39)29(31(41)33-25-9-5-3-6-10-25)37-35-27-17-13-23(14-18-27)24-15-19-28(20-16-24)36-38-30(22(2)40)32(42)34-26-11-7-4-8-12-26/h3-20,29-30H,1-2H3,(H,33,41)(H,34,42)/b37-35+,38-36+. The molecule has 0 bridgehead atoms. The Kier molecular flexibility index (Phi) is 9.87. The molecular formula is C32H28N6O4. The van der Waals surface area contributed by atoms with Crippen LogP contribution in [0.3, 0.4) is 0 Å². The Labute approximate surface area is 242 Å².